The maximum absolute atomic E-state index is 12.7. The molecular formula is C17H19Cl2NO. The highest BCUT2D eigenvalue weighted by atomic mass is 35.5. The van der Waals surface area contributed by atoms with E-state index in [2.05, 4.69) is 5.32 Å². The summed E-state index contributed by atoms with van der Waals surface area (Å²) < 4.78 is 0. The monoisotopic (exact) mass is 323 g/mol. The molecule has 3 aliphatic rings. The number of fused-ring (bicyclic) bond motifs is 1. The van der Waals surface area contributed by atoms with Gasteiger partial charge >= 0.3 is 0 Å². The second kappa shape index (κ2) is 5.17. The minimum atomic E-state index is 0.150. The van der Waals surface area contributed by atoms with Gasteiger partial charge in [-0.15, -0.1) is 0 Å². The highest BCUT2D eigenvalue weighted by Crippen LogP contribution is 2.59. The minimum Gasteiger partial charge on any atom is -0.325 e. The second-order valence-corrected chi connectivity index (χ2v) is 7.80. The van der Waals surface area contributed by atoms with E-state index in [0.29, 0.717) is 21.7 Å². The molecule has 5 atom stereocenters. The molecule has 1 amide bonds. The quantitative estimate of drug-likeness (QED) is 0.814. The van der Waals surface area contributed by atoms with Gasteiger partial charge in [0.05, 0.1) is 10.7 Å². The highest BCUT2D eigenvalue weighted by molar-refractivity contribution is 6.36. The zero-order valence-electron chi connectivity index (χ0n) is 11.8. The largest absolute Gasteiger partial charge is 0.325 e. The Labute approximate surface area is 135 Å². The summed E-state index contributed by atoms with van der Waals surface area (Å²) in [5.74, 6) is 3.47. The first-order valence-electron chi connectivity index (χ1n) is 7.87. The van der Waals surface area contributed by atoms with E-state index < -0.39 is 0 Å². The van der Waals surface area contributed by atoms with Crippen LogP contribution in [0.15, 0.2) is 18.2 Å². The fourth-order valence-corrected chi connectivity index (χ4v) is 5.52. The lowest BCUT2D eigenvalue weighted by molar-refractivity contribution is -0.121. The molecule has 1 N–H and O–H groups in total. The molecular weight excluding hydrogens is 305 g/mol. The summed E-state index contributed by atoms with van der Waals surface area (Å²) in [7, 11) is 0. The van der Waals surface area contributed by atoms with Gasteiger partial charge in [0.1, 0.15) is 0 Å². The first-order chi connectivity index (χ1) is 10.1. The number of carbonyl (C=O) groups is 1. The van der Waals surface area contributed by atoms with Crippen LogP contribution in [0.25, 0.3) is 0 Å². The topological polar surface area (TPSA) is 29.1 Å². The van der Waals surface area contributed by atoms with Crippen LogP contribution in [0.2, 0.25) is 10.0 Å². The zero-order valence-corrected chi connectivity index (χ0v) is 13.3. The van der Waals surface area contributed by atoms with Crippen molar-refractivity contribution in [1.29, 1.82) is 0 Å². The molecule has 4 rings (SSSR count). The minimum absolute atomic E-state index is 0.150. The number of benzene rings is 1. The van der Waals surface area contributed by atoms with Gasteiger partial charge in [-0.1, -0.05) is 29.6 Å². The Morgan fingerprint density at radius 2 is 1.95 bits per heavy atom. The van der Waals surface area contributed by atoms with E-state index in [0.717, 1.165) is 24.2 Å². The summed E-state index contributed by atoms with van der Waals surface area (Å²) in [6, 6.07) is 5.22. The molecule has 3 saturated carbocycles. The van der Waals surface area contributed by atoms with Crippen molar-refractivity contribution in [2.45, 2.75) is 32.1 Å². The molecule has 3 fully saturated rings. The molecule has 2 bridgehead atoms. The molecule has 0 heterocycles. The lowest BCUT2D eigenvalue weighted by atomic mass is 9.76. The van der Waals surface area contributed by atoms with Crippen molar-refractivity contribution in [2.75, 3.05) is 5.32 Å². The van der Waals surface area contributed by atoms with Crippen LogP contribution in [0.1, 0.15) is 32.1 Å². The number of rotatable bonds is 2. The van der Waals surface area contributed by atoms with E-state index in [1.54, 1.807) is 18.2 Å². The van der Waals surface area contributed by atoms with Crippen LogP contribution in [-0.2, 0) is 4.79 Å². The van der Waals surface area contributed by atoms with E-state index in [1.165, 1.54) is 25.7 Å². The Balaban J connectivity index is 1.50. The van der Waals surface area contributed by atoms with Gasteiger partial charge in [0.2, 0.25) is 5.91 Å². The average Bonchev–Trinajstić information content (AvgIpc) is 2.93. The lowest BCUT2D eigenvalue weighted by Gasteiger charge is -2.29. The maximum atomic E-state index is 12.7. The summed E-state index contributed by atoms with van der Waals surface area (Å²) in [4.78, 5) is 12.7. The lowest BCUT2D eigenvalue weighted by Crippen LogP contribution is -2.30. The number of amides is 1. The van der Waals surface area contributed by atoms with Gasteiger partial charge < -0.3 is 5.32 Å². The van der Waals surface area contributed by atoms with Crippen LogP contribution in [0, 0.1) is 29.6 Å². The van der Waals surface area contributed by atoms with Gasteiger partial charge in [-0.2, -0.15) is 0 Å². The number of anilines is 1. The van der Waals surface area contributed by atoms with Crippen LogP contribution >= 0.6 is 23.2 Å². The molecule has 1 aromatic rings. The summed E-state index contributed by atoms with van der Waals surface area (Å²) in [5, 5.41) is 4.12. The predicted octanol–water partition coefficient (Wildman–Crippen LogP) is 5.00. The molecule has 0 aliphatic heterocycles. The predicted molar refractivity (Wildman–Crippen MR) is 85.6 cm³/mol. The third kappa shape index (κ3) is 2.37. The maximum Gasteiger partial charge on any atom is 0.227 e. The van der Waals surface area contributed by atoms with Crippen LogP contribution < -0.4 is 5.32 Å². The number of hydrogen-bond donors (Lipinski definition) is 1. The Kier molecular flexibility index (Phi) is 3.42. The van der Waals surface area contributed by atoms with Gasteiger partial charge in [-0.05, 0) is 67.6 Å². The van der Waals surface area contributed by atoms with E-state index in [4.69, 9.17) is 23.2 Å². The number of carbonyl (C=O) groups excluding carboxylic acids is 1. The van der Waals surface area contributed by atoms with Gasteiger partial charge in [0.25, 0.3) is 0 Å². The number of hydrogen-bond acceptors (Lipinski definition) is 1. The van der Waals surface area contributed by atoms with Gasteiger partial charge in [-0.25, -0.2) is 0 Å². The van der Waals surface area contributed by atoms with E-state index in [9.17, 15) is 4.79 Å². The third-order valence-electron chi connectivity index (χ3n) is 5.90. The molecule has 21 heavy (non-hydrogen) atoms. The van der Waals surface area contributed by atoms with Crippen molar-refractivity contribution in [2.24, 2.45) is 29.6 Å². The third-order valence-corrected chi connectivity index (χ3v) is 6.45. The number of nitrogens with one attached hydrogen (secondary N) is 1. The van der Waals surface area contributed by atoms with Crippen LogP contribution in [0.3, 0.4) is 0 Å². The second-order valence-electron chi connectivity index (χ2n) is 6.96. The average molecular weight is 324 g/mol. The number of halogens is 2. The first kappa shape index (κ1) is 13.9. The van der Waals surface area contributed by atoms with Crippen LogP contribution in [0.5, 0.6) is 0 Å². The van der Waals surface area contributed by atoms with Crippen molar-refractivity contribution >= 4 is 34.8 Å². The normalized spacial score (nSPS) is 36.8. The fraction of sp³-hybridized carbons (Fsp3) is 0.588. The molecule has 1 aromatic carbocycles. The molecule has 3 aliphatic carbocycles. The SMILES string of the molecule is O=C(Nc1ccc(Cl)cc1Cl)[C@@H]1C[C@H]2C[C@H]3CC[C@H]1[C@H]2C3. The van der Waals surface area contributed by atoms with Crippen LogP contribution in [-0.4, -0.2) is 5.91 Å². The van der Waals surface area contributed by atoms with Crippen molar-refractivity contribution < 1.29 is 4.79 Å². The molecule has 112 valence electrons. The van der Waals surface area contributed by atoms with Gasteiger partial charge in [0, 0.05) is 10.9 Å². The van der Waals surface area contributed by atoms with E-state index >= 15 is 0 Å². The van der Waals surface area contributed by atoms with Crippen molar-refractivity contribution in [3.8, 4) is 0 Å². The molecule has 0 radical (unpaired) electrons. The molecule has 2 nitrogen and oxygen atoms in total. The summed E-state index contributed by atoms with van der Waals surface area (Å²) in [5.41, 5.74) is 0.678. The summed E-state index contributed by atoms with van der Waals surface area (Å²) in [6.07, 6.45) is 6.34. The molecule has 4 heteroatoms. The van der Waals surface area contributed by atoms with E-state index in [-0.39, 0.29) is 11.8 Å². The van der Waals surface area contributed by atoms with Crippen molar-refractivity contribution in [1.82, 2.24) is 0 Å². The first-order valence-corrected chi connectivity index (χ1v) is 8.63. The Bertz CT molecular complexity index is 586. The summed E-state index contributed by atoms with van der Waals surface area (Å²) in [6.45, 7) is 0. The van der Waals surface area contributed by atoms with Crippen molar-refractivity contribution in [3.63, 3.8) is 0 Å². The highest BCUT2D eigenvalue weighted by Gasteiger charge is 2.52. The Hall–Kier alpha value is -0.730. The van der Waals surface area contributed by atoms with Crippen molar-refractivity contribution in [3.05, 3.63) is 28.2 Å². The van der Waals surface area contributed by atoms with Crippen LogP contribution in [0.4, 0.5) is 5.69 Å². The molecule has 0 saturated heterocycles. The Morgan fingerprint density at radius 3 is 2.76 bits per heavy atom. The van der Waals surface area contributed by atoms with Gasteiger partial charge in [0.15, 0.2) is 0 Å². The molecule has 0 aromatic heterocycles. The Morgan fingerprint density at radius 1 is 1.10 bits per heavy atom. The molecule has 0 spiro atoms. The fourth-order valence-electron chi connectivity index (χ4n) is 5.07. The summed E-state index contributed by atoms with van der Waals surface area (Å²) >= 11 is 12.1. The standard InChI is InChI=1S/C17H19Cl2NO/c18-11-2-4-16(15(19)8-11)20-17(21)14-7-10-5-9-1-3-12(14)13(10)6-9/h2,4,8-10,12-14H,1,3,5-7H2,(H,20,21)/t9-,10-,12+,13+,14-/m1/s1. The van der Waals surface area contributed by atoms with Gasteiger partial charge in [-0.3, -0.25) is 4.79 Å². The smallest absolute Gasteiger partial charge is 0.227 e. The van der Waals surface area contributed by atoms with E-state index in [1.807, 2.05) is 0 Å². The molecule has 0 unspecified atom stereocenters. The zero-order chi connectivity index (χ0) is 14.6.